The first-order valence-corrected chi connectivity index (χ1v) is 7.88. The summed E-state index contributed by atoms with van der Waals surface area (Å²) in [6, 6.07) is 5.00. The molecule has 1 saturated heterocycles. The van der Waals surface area contributed by atoms with Crippen LogP contribution < -0.4 is 16.0 Å². The summed E-state index contributed by atoms with van der Waals surface area (Å²) in [6.45, 7) is 7.40. The average Bonchev–Trinajstić information content (AvgIpc) is 2.83. The van der Waals surface area contributed by atoms with Crippen LogP contribution in [0.15, 0.2) is 18.2 Å². The van der Waals surface area contributed by atoms with Gasteiger partial charge in [0.05, 0.1) is 0 Å². The van der Waals surface area contributed by atoms with Crippen LogP contribution in [0.3, 0.4) is 0 Å². The number of amides is 3. The fourth-order valence-corrected chi connectivity index (χ4v) is 2.27. The molecule has 1 atom stereocenters. The molecule has 2 rings (SSSR count). The van der Waals surface area contributed by atoms with Crippen molar-refractivity contribution in [2.75, 3.05) is 13.6 Å². The number of urea groups is 1. The number of benzene rings is 1. The van der Waals surface area contributed by atoms with Gasteiger partial charge in [-0.25, -0.2) is 4.79 Å². The molecule has 3 amide bonds. The summed E-state index contributed by atoms with van der Waals surface area (Å²) in [4.78, 5) is 22.5. The van der Waals surface area contributed by atoms with Crippen molar-refractivity contribution in [1.82, 2.24) is 16.0 Å². The van der Waals surface area contributed by atoms with Crippen molar-refractivity contribution in [3.8, 4) is 0 Å². The van der Waals surface area contributed by atoms with E-state index in [-0.39, 0.29) is 5.91 Å². The highest BCUT2D eigenvalue weighted by Crippen LogP contribution is 2.20. The average molecular weight is 305 g/mol. The highest BCUT2D eigenvalue weighted by atomic mass is 16.2. The van der Waals surface area contributed by atoms with Crippen LogP contribution in [0.4, 0.5) is 4.79 Å². The van der Waals surface area contributed by atoms with Crippen molar-refractivity contribution in [3.63, 3.8) is 0 Å². The second kappa shape index (κ2) is 9.20. The van der Waals surface area contributed by atoms with Crippen LogP contribution in [0.25, 0.3) is 0 Å². The Balaban J connectivity index is 0.000000346. The topological polar surface area (TPSA) is 70.2 Å². The van der Waals surface area contributed by atoms with Gasteiger partial charge in [-0.1, -0.05) is 44.0 Å². The summed E-state index contributed by atoms with van der Waals surface area (Å²) in [6.07, 6.45) is 3.51. The van der Waals surface area contributed by atoms with Crippen LogP contribution in [0.1, 0.15) is 49.4 Å². The van der Waals surface area contributed by atoms with Crippen LogP contribution >= 0.6 is 0 Å². The molecule has 3 N–H and O–H groups in total. The number of unbranched alkanes of at least 4 members (excludes halogenated alkanes) is 1. The Morgan fingerprint density at radius 3 is 2.36 bits per heavy atom. The normalized spacial score (nSPS) is 16.6. The van der Waals surface area contributed by atoms with Crippen LogP contribution in [-0.2, 0) is 11.2 Å². The first-order valence-electron chi connectivity index (χ1n) is 7.88. The number of carbonyl (C=O) groups excluding carboxylic acids is 2. The second-order valence-corrected chi connectivity index (χ2v) is 5.46. The molecular formula is C17H27N3O2. The van der Waals surface area contributed by atoms with Gasteiger partial charge >= 0.3 is 6.03 Å². The molecule has 1 aromatic rings. The quantitative estimate of drug-likeness (QED) is 0.578. The lowest BCUT2D eigenvalue weighted by Crippen LogP contribution is -2.22. The molecule has 1 aliphatic rings. The molecular weight excluding hydrogens is 278 g/mol. The van der Waals surface area contributed by atoms with Gasteiger partial charge in [0.1, 0.15) is 6.04 Å². The summed E-state index contributed by atoms with van der Waals surface area (Å²) in [5, 5.41) is 7.90. The van der Waals surface area contributed by atoms with Gasteiger partial charge in [-0.2, -0.15) is 0 Å². The van der Waals surface area contributed by atoms with E-state index in [9.17, 15) is 9.59 Å². The van der Waals surface area contributed by atoms with Gasteiger partial charge in [0.25, 0.3) is 5.91 Å². The SMILES string of the molecule is CCCCNC.CCc1cc(C)cc(C2NC(=O)NC2=O)c1. The van der Waals surface area contributed by atoms with Crippen molar-refractivity contribution in [2.24, 2.45) is 0 Å². The number of nitrogens with one attached hydrogen (secondary N) is 3. The van der Waals surface area contributed by atoms with E-state index in [4.69, 9.17) is 0 Å². The molecule has 5 heteroatoms. The van der Waals surface area contributed by atoms with Gasteiger partial charge in [0.15, 0.2) is 0 Å². The lowest BCUT2D eigenvalue weighted by molar-refractivity contribution is -0.120. The number of hydrogen-bond donors (Lipinski definition) is 3. The van der Waals surface area contributed by atoms with Crippen molar-refractivity contribution in [3.05, 3.63) is 34.9 Å². The third kappa shape index (κ3) is 5.48. The molecule has 0 saturated carbocycles. The van der Waals surface area contributed by atoms with Gasteiger partial charge in [-0.3, -0.25) is 10.1 Å². The highest BCUT2D eigenvalue weighted by Gasteiger charge is 2.30. The van der Waals surface area contributed by atoms with E-state index in [2.05, 4.69) is 35.9 Å². The van der Waals surface area contributed by atoms with Crippen molar-refractivity contribution in [1.29, 1.82) is 0 Å². The van der Waals surface area contributed by atoms with Gasteiger partial charge in [0.2, 0.25) is 0 Å². The lowest BCUT2D eigenvalue weighted by Gasteiger charge is -2.10. The Bertz CT molecular complexity index is 511. The maximum atomic E-state index is 11.5. The molecule has 0 aromatic heterocycles. The predicted octanol–water partition coefficient (Wildman–Crippen LogP) is 2.44. The molecule has 122 valence electrons. The predicted molar refractivity (Wildman–Crippen MR) is 88.8 cm³/mol. The molecule has 0 spiro atoms. The Labute approximate surface area is 132 Å². The molecule has 0 radical (unpaired) electrons. The zero-order chi connectivity index (χ0) is 16.5. The molecule has 1 aliphatic heterocycles. The first-order chi connectivity index (χ1) is 10.5. The first kappa shape index (κ1) is 18.2. The summed E-state index contributed by atoms with van der Waals surface area (Å²) in [5.41, 5.74) is 3.12. The summed E-state index contributed by atoms with van der Waals surface area (Å²) in [7, 11) is 1.98. The van der Waals surface area contributed by atoms with E-state index in [1.807, 2.05) is 26.1 Å². The highest BCUT2D eigenvalue weighted by molar-refractivity contribution is 6.04. The third-order valence-corrected chi connectivity index (χ3v) is 3.46. The van der Waals surface area contributed by atoms with E-state index < -0.39 is 12.1 Å². The molecule has 1 aromatic carbocycles. The van der Waals surface area contributed by atoms with Crippen molar-refractivity contribution < 1.29 is 9.59 Å². The van der Waals surface area contributed by atoms with Crippen LogP contribution in [0.2, 0.25) is 0 Å². The summed E-state index contributed by atoms with van der Waals surface area (Å²) in [5.74, 6) is -0.280. The zero-order valence-corrected chi connectivity index (χ0v) is 14.0. The minimum absolute atomic E-state index is 0.280. The monoisotopic (exact) mass is 305 g/mol. The second-order valence-electron chi connectivity index (χ2n) is 5.46. The van der Waals surface area contributed by atoms with E-state index >= 15 is 0 Å². The molecule has 1 fully saturated rings. The Morgan fingerprint density at radius 2 is 1.91 bits per heavy atom. The molecule has 0 bridgehead atoms. The van der Waals surface area contributed by atoms with E-state index in [0.717, 1.165) is 24.1 Å². The molecule has 5 nitrogen and oxygen atoms in total. The fourth-order valence-electron chi connectivity index (χ4n) is 2.27. The smallest absolute Gasteiger partial charge is 0.322 e. The molecule has 0 aliphatic carbocycles. The van der Waals surface area contributed by atoms with Crippen LogP contribution in [0, 0.1) is 6.92 Å². The minimum atomic E-state index is -0.544. The Hall–Kier alpha value is -1.88. The minimum Gasteiger partial charge on any atom is -0.322 e. The third-order valence-electron chi connectivity index (χ3n) is 3.46. The zero-order valence-electron chi connectivity index (χ0n) is 14.0. The standard InChI is InChI=1S/C12H14N2O2.C5H13N/c1-3-8-4-7(2)5-9(6-8)10-11(15)14-12(16)13-10;1-3-4-5-6-2/h4-6,10H,3H2,1-2H3,(H2,13,14,15,16);6H,3-5H2,1-2H3. The number of imide groups is 1. The van der Waals surface area contributed by atoms with Crippen molar-refractivity contribution in [2.45, 2.75) is 46.1 Å². The summed E-state index contributed by atoms with van der Waals surface area (Å²) < 4.78 is 0. The number of aryl methyl sites for hydroxylation is 2. The molecule has 1 unspecified atom stereocenters. The molecule has 1 heterocycles. The Morgan fingerprint density at radius 1 is 1.18 bits per heavy atom. The number of carbonyl (C=O) groups is 2. The Kier molecular flexibility index (Phi) is 7.60. The molecule has 22 heavy (non-hydrogen) atoms. The van der Waals surface area contributed by atoms with Crippen LogP contribution in [0.5, 0.6) is 0 Å². The lowest BCUT2D eigenvalue weighted by atomic mass is 10.00. The maximum absolute atomic E-state index is 11.5. The van der Waals surface area contributed by atoms with Gasteiger partial charge in [0, 0.05) is 0 Å². The number of hydrogen-bond acceptors (Lipinski definition) is 3. The van der Waals surface area contributed by atoms with Gasteiger partial charge in [-0.05, 0) is 44.5 Å². The van der Waals surface area contributed by atoms with E-state index in [1.165, 1.54) is 18.4 Å². The number of rotatable bonds is 5. The van der Waals surface area contributed by atoms with E-state index in [1.54, 1.807) is 0 Å². The fraction of sp³-hybridized carbons (Fsp3) is 0.529. The van der Waals surface area contributed by atoms with Crippen LogP contribution in [-0.4, -0.2) is 25.5 Å². The van der Waals surface area contributed by atoms with Gasteiger partial charge < -0.3 is 10.6 Å². The maximum Gasteiger partial charge on any atom is 0.322 e. The largest absolute Gasteiger partial charge is 0.322 e. The summed E-state index contributed by atoms with van der Waals surface area (Å²) >= 11 is 0. The van der Waals surface area contributed by atoms with Crippen molar-refractivity contribution >= 4 is 11.9 Å². The van der Waals surface area contributed by atoms with Gasteiger partial charge in [-0.15, -0.1) is 0 Å². The van der Waals surface area contributed by atoms with E-state index in [0.29, 0.717) is 0 Å².